The third kappa shape index (κ3) is 4.49. The van der Waals surface area contributed by atoms with Crippen LogP contribution in [0.5, 0.6) is 0 Å². The average molecular weight is 533 g/mol. The van der Waals surface area contributed by atoms with Gasteiger partial charge in [-0.2, -0.15) is 18.2 Å². The number of aryl methyl sites for hydroxylation is 1. The van der Waals surface area contributed by atoms with Crippen LogP contribution in [-0.4, -0.2) is 51.8 Å². The standard InChI is InChI=1S/C26H24F4N4O2S/c1-3-20(35)32-10-11-33(15(2)14-32)24-18-13-19(26(28,29)30)21(16-5-7-17(27)8-6-16)23-22(18)34(25(36)31-24)9-4-12-37-23/h3,5-8,13,15H,1,4,9-12,14H2,2H3. The lowest BCUT2D eigenvalue weighted by atomic mass is 9.96. The van der Waals surface area contributed by atoms with Gasteiger partial charge in [-0.15, -0.1) is 11.8 Å². The molecule has 3 aromatic rings. The van der Waals surface area contributed by atoms with Crippen molar-refractivity contribution in [3.63, 3.8) is 0 Å². The number of aromatic nitrogens is 2. The Morgan fingerprint density at radius 1 is 1.19 bits per heavy atom. The summed E-state index contributed by atoms with van der Waals surface area (Å²) in [7, 11) is 0. The van der Waals surface area contributed by atoms with E-state index in [-0.39, 0.29) is 34.3 Å². The summed E-state index contributed by atoms with van der Waals surface area (Å²) in [6.07, 6.45) is -2.90. The van der Waals surface area contributed by atoms with Crippen molar-refractivity contribution in [3.05, 3.63) is 64.9 Å². The number of anilines is 1. The van der Waals surface area contributed by atoms with Gasteiger partial charge >= 0.3 is 11.9 Å². The second-order valence-electron chi connectivity index (χ2n) is 9.13. The molecule has 37 heavy (non-hydrogen) atoms. The number of piperazine rings is 1. The van der Waals surface area contributed by atoms with Crippen LogP contribution in [0.4, 0.5) is 23.4 Å². The van der Waals surface area contributed by atoms with E-state index in [0.29, 0.717) is 48.8 Å². The minimum Gasteiger partial charge on any atom is -0.350 e. The van der Waals surface area contributed by atoms with Gasteiger partial charge in [-0.3, -0.25) is 9.36 Å². The number of thioether (sulfide) groups is 1. The summed E-state index contributed by atoms with van der Waals surface area (Å²) in [4.78, 5) is 33.4. The molecule has 0 radical (unpaired) electrons. The molecule has 11 heteroatoms. The fraction of sp³-hybridized carbons (Fsp3) is 0.346. The first kappa shape index (κ1) is 25.3. The van der Waals surface area contributed by atoms with Crippen LogP contribution < -0.4 is 10.6 Å². The molecule has 0 saturated carbocycles. The summed E-state index contributed by atoms with van der Waals surface area (Å²) in [5, 5.41) is 0.234. The predicted molar refractivity (Wildman–Crippen MR) is 135 cm³/mol. The van der Waals surface area contributed by atoms with Gasteiger partial charge in [0.05, 0.1) is 11.1 Å². The molecular weight excluding hydrogens is 508 g/mol. The Labute approximate surface area is 214 Å². The Hall–Kier alpha value is -3.34. The Balaban J connectivity index is 1.80. The molecule has 0 spiro atoms. The second-order valence-corrected chi connectivity index (χ2v) is 10.2. The highest BCUT2D eigenvalue weighted by Gasteiger charge is 2.38. The maximum Gasteiger partial charge on any atom is 0.417 e. The van der Waals surface area contributed by atoms with Gasteiger partial charge in [0.15, 0.2) is 0 Å². The van der Waals surface area contributed by atoms with Crippen molar-refractivity contribution >= 4 is 34.4 Å². The lowest BCUT2D eigenvalue weighted by molar-refractivity contribution is -0.137. The fourth-order valence-electron chi connectivity index (χ4n) is 5.09. The molecule has 1 aromatic heterocycles. The first-order chi connectivity index (χ1) is 17.6. The second kappa shape index (κ2) is 9.51. The maximum atomic E-state index is 14.5. The van der Waals surface area contributed by atoms with Gasteiger partial charge in [-0.1, -0.05) is 18.7 Å². The van der Waals surface area contributed by atoms with Gasteiger partial charge in [0.1, 0.15) is 11.6 Å². The van der Waals surface area contributed by atoms with E-state index < -0.39 is 23.2 Å². The van der Waals surface area contributed by atoms with Gasteiger partial charge in [0.25, 0.3) is 0 Å². The van der Waals surface area contributed by atoms with Crippen molar-refractivity contribution in [1.29, 1.82) is 0 Å². The van der Waals surface area contributed by atoms with Crippen LogP contribution in [0.25, 0.3) is 22.0 Å². The highest BCUT2D eigenvalue weighted by Crippen LogP contribution is 2.48. The molecular formula is C26H24F4N4O2S. The largest absolute Gasteiger partial charge is 0.417 e. The van der Waals surface area contributed by atoms with Gasteiger partial charge in [-0.05, 0) is 48.9 Å². The third-order valence-corrected chi connectivity index (χ3v) is 7.97. The molecule has 1 amide bonds. The summed E-state index contributed by atoms with van der Waals surface area (Å²) >= 11 is 1.27. The molecule has 2 aliphatic rings. The van der Waals surface area contributed by atoms with E-state index in [1.165, 1.54) is 34.5 Å². The van der Waals surface area contributed by atoms with E-state index in [2.05, 4.69) is 11.6 Å². The van der Waals surface area contributed by atoms with E-state index in [1.807, 2.05) is 6.92 Å². The van der Waals surface area contributed by atoms with E-state index in [0.717, 1.165) is 18.2 Å². The van der Waals surface area contributed by atoms with Crippen LogP contribution in [0.2, 0.25) is 0 Å². The SMILES string of the molecule is C=CC(=O)N1CCN(c2nc(=O)n3c4c(c(-c5ccc(F)cc5)c(C(F)(F)F)cc24)SCCC3)C(C)C1. The Morgan fingerprint density at radius 3 is 2.57 bits per heavy atom. The predicted octanol–water partition coefficient (Wildman–Crippen LogP) is 4.94. The number of nitrogens with zero attached hydrogens (tertiary/aromatic N) is 4. The summed E-state index contributed by atoms with van der Waals surface area (Å²) in [6, 6.07) is 5.69. The molecule has 0 N–H and O–H groups in total. The number of halogens is 4. The zero-order valence-corrected chi connectivity index (χ0v) is 20.8. The number of benzene rings is 2. The van der Waals surface area contributed by atoms with Gasteiger partial charge in [0.2, 0.25) is 5.91 Å². The molecule has 1 saturated heterocycles. The van der Waals surface area contributed by atoms with Gasteiger partial charge in [0, 0.05) is 48.1 Å². The topological polar surface area (TPSA) is 58.4 Å². The van der Waals surface area contributed by atoms with E-state index >= 15 is 0 Å². The van der Waals surface area contributed by atoms with Crippen molar-refractivity contribution in [3.8, 4) is 11.1 Å². The highest BCUT2D eigenvalue weighted by molar-refractivity contribution is 7.99. The molecule has 2 aliphatic heterocycles. The van der Waals surface area contributed by atoms with Crippen LogP contribution in [0, 0.1) is 5.82 Å². The maximum absolute atomic E-state index is 14.5. The third-order valence-electron chi connectivity index (χ3n) is 6.80. The molecule has 0 bridgehead atoms. The smallest absolute Gasteiger partial charge is 0.350 e. The van der Waals surface area contributed by atoms with E-state index in [1.54, 1.807) is 9.80 Å². The first-order valence-electron chi connectivity index (χ1n) is 11.9. The van der Waals surface area contributed by atoms with E-state index in [9.17, 15) is 27.2 Å². The van der Waals surface area contributed by atoms with Gasteiger partial charge < -0.3 is 9.80 Å². The van der Waals surface area contributed by atoms with Crippen molar-refractivity contribution in [2.75, 3.05) is 30.3 Å². The zero-order valence-electron chi connectivity index (χ0n) is 20.0. The number of alkyl halides is 3. The molecule has 3 heterocycles. The molecule has 1 unspecified atom stereocenters. The Bertz CT molecular complexity index is 1450. The lowest BCUT2D eigenvalue weighted by Crippen LogP contribution is -2.54. The van der Waals surface area contributed by atoms with Crippen LogP contribution in [0.1, 0.15) is 18.9 Å². The lowest BCUT2D eigenvalue weighted by Gasteiger charge is -2.40. The summed E-state index contributed by atoms with van der Waals surface area (Å²) in [5.74, 6) is -0.0927. The zero-order chi connectivity index (χ0) is 26.5. The normalized spacial score (nSPS) is 18.1. The molecule has 194 valence electrons. The summed E-state index contributed by atoms with van der Waals surface area (Å²) in [6.45, 7) is 6.62. The number of amides is 1. The number of rotatable bonds is 3. The van der Waals surface area contributed by atoms with Crippen LogP contribution in [0.3, 0.4) is 0 Å². The monoisotopic (exact) mass is 532 g/mol. The molecule has 1 fully saturated rings. The molecule has 0 aliphatic carbocycles. The van der Waals surface area contributed by atoms with Crippen LogP contribution in [-0.2, 0) is 17.5 Å². The quantitative estimate of drug-likeness (QED) is 0.353. The number of carbonyl (C=O) groups excluding carboxylic acids is 1. The van der Waals surface area contributed by atoms with Crippen molar-refractivity contribution in [2.45, 2.75) is 37.0 Å². The Kier molecular flexibility index (Phi) is 6.51. The fourth-order valence-corrected chi connectivity index (χ4v) is 6.29. The molecule has 1 atom stereocenters. The summed E-state index contributed by atoms with van der Waals surface area (Å²) < 4.78 is 58.7. The van der Waals surface area contributed by atoms with Crippen molar-refractivity contribution in [2.24, 2.45) is 0 Å². The van der Waals surface area contributed by atoms with Crippen molar-refractivity contribution < 1.29 is 22.4 Å². The molecule has 2 aromatic carbocycles. The summed E-state index contributed by atoms with van der Waals surface area (Å²) in [5.41, 5.74) is -0.833. The van der Waals surface area contributed by atoms with Crippen molar-refractivity contribution in [1.82, 2.24) is 14.5 Å². The molecule has 5 rings (SSSR count). The van der Waals surface area contributed by atoms with Crippen LogP contribution >= 0.6 is 11.8 Å². The van der Waals surface area contributed by atoms with Gasteiger partial charge in [-0.25, -0.2) is 9.18 Å². The van der Waals surface area contributed by atoms with Crippen LogP contribution in [0.15, 0.2) is 52.7 Å². The Morgan fingerprint density at radius 2 is 1.92 bits per heavy atom. The minimum atomic E-state index is -4.71. The first-order valence-corrected chi connectivity index (χ1v) is 12.8. The highest BCUT2D eigenvalue weighted by atomic mass is 32.2. The number of carbonyl (C=O) groups is 1. The van der Waals surface area contributed by atoms with E-state index in [4.69, 9.17) is 0 Å². The average Bonchev–Trinajstić information content (AvgIpc) is 3.09. The molecule has 6 nitrogen and oxygen atoms in total. The minimum absolute atomic E-state index is 0.0633. The number of hydrogen-bond acceptors (Lipinski definition) is 5. The number of hydrogen-bond donors (Lipinski definition) is 0.